The van der Waals surface area contributed by atoms with E-state index in [1.165, 1.54) is 18.4 Å². The Hall–Kier alpha value is -2.56. The number of H-pyrrole nitrogens is 1. The molecule has 5 nitrogen and oxygen atoms in total. The lowest BCUT2D eigenvalue weighted by Gasteiger charge is -2.06. The number of carbonyl (C=O) groups is 1. The summed E-state index contributed by atoms with van der Waals surface area (Å²) in [6.45, 7) is 0. The Kier molecular flexibility index (Phi) is 3.66. The number of aromatic amines is 1. The number of nitrogens with zero attached hydrogens (tertiary/aromatic N) is 1. The van der Waals surface area contributed by atoms with E-state index in [1.807, 2.05) is 19.0 Å². The first-order chi connectivity index (χ1) is 9.08. The Labute approximate surface area is 110 Å². The van der Waals surface area contributed by atoms with Crippen molar-refractivity contribution in [1.82, 2.24) is 9.88 Å². The summed E-state index contributed by atoms with van der Waals surface area (Å²) in [6.07, 6.45) is 4.87. The van der Waals surface area contributed by atoms with Crippen LogP contribution in [0.5, 0.6) is 0 Å². The monoisotopic (exact) mass is 258 g/mol. The molecule has 2 aromatic heterocycles. The molecule has 0 saturated heterocycles. The molecular weight excluding hydrogens is 244 g/mol. The molecule has 0 spiro atoms. The van der Waals surface area contributed by atoms with Crippen molar-refractivity contribution in [3.8, 4) is 0 Å². The molecule has 0 saturated carbocycles. The molecule has 98 valence electrons. The third kappa shape index (κ3) is 3.01. The second-order valence-electron chi connectivity index (χ2n) is 4.24. The van der Waals surface area contributed by atoms with Gasteiger partial charge in [0, 0.05) is 31.9 Å². The molecule has 0 unspecified atom stereocenters. The van der Waals surface area contributed by atoms with Crippen LogP contribution in [0, 0.1) is 0 Å². The number of hydrogen-bond donors (Lipinski definition) is 1. The Morgan fingerprint density at radius 1 is 1.32 bits per heavy atom. The van der Waals surface area contributed by atoms with Crippen LogP contribution in [0.2, 0.25) is 0 Å². The van der Waals surface area contributed by atoms with Gasteiger partial charge in [-0.1, -0.05) is 0 Å². The third-order valence-electron chi connectivity index (χ3n) is 2.48. The van der Waals surface area contributed by atoms with Gasteiger partial charge in [0.1, 0.15) is 0 Å². The van der Waals surface area contributed by atoms with Crippen molar-refractivity contribution >= 4 is 11.9 Å². The molecule has 19 heavy (non-hydrogen) atoms. The van der Waals surface area contributed by atoms with Crippen molar-refractivity contribution in [1.29, 1.82) is 0 Å². The molecule has 2 rings (SSSR count). The summed E-state index contributed by atoms with van der Waals surface area (Å²) in [5, 5.41) is 0. The van der Waals surface area contributed by atoms with Gasteiger partial charge in [-0.05, 0) is 24.3 Å². The fraction of sp³-hybridized carbons (Fsp3) is 0.143. The number of hydrogen-bond acceptors (Lipinski definition) is 4. The van der Waals surface area contributed by atoms with Gasteiger partial charge in [-0.25, -0.2) is 0 Å². The normalized spacial score (nSPS) is 10.8. The first-order valence-electron chi connectivity index (χ1n) is 5.74. The largest absolute Gasteiger partial charge is 0.461 e. The second-order valence-corrected chi connectivity index (χ2v) is 4.24. The lowest BCUT2D eigenvalue weighted by atomic mass is 10.1. The zero-order valence-electron chi connectivity index (χ0n) is 10.7. The van der Waals surface area contributed by atoms with Gasteiger partial charge in [-0.2, -0.15) is 0 Å². The number of furan rings is 1. The summed E-state index contributed by atoms with van der Waals surface area (Å²) in [5.74, 6) is -0.0220. The van der Waals surface area contributed by atoms with Crippen molar-refractivity contribution in [3.63, 3.8) is 0 Å². The highest BCUT2D eigenvalue weighted by Gasteiger charge is 2.15. The van der Waals surface area contributed by atoms with Crippen LogP contribution in [0.25, 0.3) is 6.08 Å². The van der Waals surface area contributed by atoms with Crippen LogP contribution in [0.4, 0.5) is 0 Å². The predicted octanol–water partition coefficient (Wildman–Crippen LogP) is 1.73. The van der Waals surface area contributed by atoms with E-state index in [-0.39, 0.29) is 17.1 Å². The predicted molar refractivity (Wildman–Crippen MR) is 71.9 cm³/mol. The number of rotatable bonds is 4. The van der Waals surface area contributed by atoms with Crippen molar-refractivity contribution in [2.24, 2.45) is 0 Å². The lowest BCUT2D eigenvalue weighted by Crippen LogP contribution is -2.12. The SMILES string of the molecule is CN(C)/C=C/c1[nH]c(=O)ccc1C(=O)c1ccco1. The average molecular weight is 258 g/mol. The van der Waals surface area contributed by atoms with Gasteiger partial charge >= 0.3 is 0 Å². The van der Waals surface area contributed by atoms with Crippen LogP contribution >= 0.6 is 0 Å². The Bertz CT molecular complexity index is 652. The maximum Gasteiger partial charge on any atom is 0.248 e. The maximum absolute atomic E-state index is 12.2. The highest BCUT2D eigenvalue weighted by Crippen LogP contribution is 2.13. The summed E-state index contributed by atoms with van der Waals surface area (Å²) in [6, 6.07) is 6.06. The van der Waals surface area contributed by atoms with Crippen LogP contribution < -0.4 is 5.56 Å². The van der Waals surface area contributed by atoms with Gasteiger partial charge < -0.3 is 14.3 Å². The minimum atomic E-state index is -0.264. The van der Waals surface area contributed by atoms with E-state index in [0.29, 0.717) is 11.3 Å². The summed E-state index contributed by atoms with van der Waals surface area (Å²) in [4.78, 5) is 28.0. The zero-order chi connectivity index (χ0) is 13.8. The Morgan fingerprint density at radius 3 is 2.74 bits per heavy atom. The number of aromatic nitrogens is 1. The van der Waals surface area contributed by atoms with Gasteiger partial charge in [0.15, 0.2) is 5.76 Å². The Morgan fingerprint density at radius 2 is 2.11 bits per heavy atom. The number of ketones is 1. The van der Waals surface area contributed by atoms with Gasteiger partial charge in [-0.15, -0.1) is 0 Å². The van der Waals surface area contributed by atoms with Gasteiger partial charge in [-0.3, -0.25) is 9.59 Å². The summed E-state index contributed by atoms with van der Waals surface area (Å²) in [5.41, 5.74) is 0.602. The molecule has 0 aromatic carbocycles. The van der Waals surface area contributed by atoms with E-state index in [2.05, 4.69) is 4.98 Å². The van der Waals surface area contributed by atoms with Crippen molar-refractivity contribution in [3.05, 3.63) is 64.1 Å². The fourth-order valence-corrected chi connectivity index (χ4v) is 1.58. The molecule has 5 heteroatoms. The number of pyridine rings is 1. The molecule has 0 amide bonds. The molecule has 2 heterocycles. The lowest BCUT2D eigenvalue weighted by molar-refractivity contribution is 0.101. The number of carbonyl (C=O) groups excluding carboxylic acids is 1. The van der Waals surface area contributed by atoms with Crippen LogP contribution in [0.1, 0.15) is 21.8 Å². The van der Waals surface area contributed by atoms with Gasteiger partial charge in [0.25, 0.3) is 0 Å². The first kappa shape index (κ1) is 12.9. The molecule has 0 aliphatic heterocycles. The summed E-state index contributed by atoms with van der Waals surface area (Å²) >= 11 is 0. The first-order valence-corrected chi connectivity index (χ1v) is 5.74. The molecule has 0 aliphatic rings. The minimum absolute atomic E-state index is 0.242. The number of nitrogens with one attached hydrogen (secondary N) is 1. The van der Waals surface area contributed by atoms with Gasteiger partial charge in [0.05, 0.1) is 12.0 Å². The highest BCUT2D eigenvalue weighted by molar-refractivity contribution is 6.08. The minimum Gasteiger partial charge on any atom is -0.461 e. The van der Waals surface area contributed by atoms with Crippen molar-refractivity contribution in [2.45, 2.75) is 0 Å². The second kappa shape index (κ2) is 5.39. The molecular formula is C14H14N2O3. The fourth-order valence-electron chi connectivity index (χ4n) is 1.58. The molecule has 1 N–H and O–H groups in total. The quantitative estimate of drug-likeness (QED) is 0.848. The smallest absolute Gasteiger partial charge is 0.248 e. The van der Waals surface area contributed by atoms with Crippen LogP contribution in [0.3, 0.4) is 0 Å². The topological polar surface area (TPSA) is 66.3 Å². The van der Waals surface area contributed by atoms with E-state index in [0.717, 1.165) is 0 Å². The highest BCUT2D eigenvalue weighted by atomic mass is 16.3. The van der Waals surface area contributed by atoms with Crippen molar-refractivity contribution < 1.29 is 9.21 Å². The van der Waals surface area contributed by atoms with E-state index in [1.54, 1.807) is 24.4 Å². The van der Waals surface area contributed by atoms with E-state index >= 15 is 0 Å². The molecule has 0 bridgehead atoms. The van der Waals surface area contributed by atoms with E-state index < -0.39 is 0 Å². The van der Waals surface area contributed by atoms with E-state index in [4.69, 9.17) is 4.42 Å². The molecule has 0 fully saturated rings. The maximum atomic E-state index is 12.2. The van der Waals surface area contributed by atoms with Crippen LogP contribution in [-0.2, 0) is 0 Å². The van der Waals surface area contributed by atoms with Crippen molar-refractivity contribution in [2.75, 3.05) is 14.1 Å². The zero-order valence-corrected chi connectivity index (χ0v) is 10.7. The van der Waals surface area contributed by atoms with Crippen LogP contribution in [-0.4, -0.2) is 29.8 Å². The Balaban J connectivity index is 2.45. The summed E-state index contributed by atoms with van der Waals surface area (Å²) in [7, 11) is 3.71. The molecule has 0 aliphatic carbocycles. The molecule has 2 aromatic rings. The summed E-state index contributed by atoms with van der Waals surface area (Å²) < 4.78 is 5.08. The van der Waals surface area contributed by atoms with Gasteiger partial charge in [0.2, 0.25) is 11.3 Å². The standard InChI is InChI=1S/C14H14N2O3/c1-16(2)8-7-11-10(5-6-13(17)15-11)14(18)12-4-3-9-19-12/h3-9H,1-2H3,(H,15,17)/b8-7+. The average Bonchev–Trinajstić information content (AvgIpc) is 2.89. The third-order valence-corrected chi connectivity index (χ3v) is 2.48. The molecule has 0 atom stereocenters. The molecule has 0 radical (unpaired) electrons. The van der Waals surface area contributed by atoms with E-state index in [9.17, 15) is 9.59 Å². The van der Waals surface area contributed by atoms with Crippen LogP contribution in [0.15, 0.2) is 45.9 Å².